The van der Waals surface area contributed by atoms with Gasteiger partial charge in [0.25, 0.3) is 5.56 Å². The molecule has 0 aliphatic rings. The molecular weight excluding hydrogens is 527 g/mol. The molecule has 0 atom stereocenters. The van der Waals surface area contributed by atoms with E-state index < -0.39 is 17.2 Å². The molecule has 1 heterocycles. The summed E-state index contributed by atoms with van der Waals surface area (Å²) >= 11 is 12.1. The van der Waals surface area contributed by atoms with Crippen molar-refractivity contribution in [1.82, 2.24) is 14.5 Å². The molecule has 0 saturated carbocycles. The molecule has 1 aromatic heterocycles. The Hall–Kier alpha value is -3.88. The van der Waals surface area contributed by atoms with Crippen molar-refractivity contribution in [3.8, 4) is 0 Å². The van der Waals surface area contributed by atoms with Gasteiger partial charge in [0.1, 0.15) is 6.54 Å². The van der Waals surface area contributed by atoms with Crippen LogP contribution in [0.2, 0.25) is 10.0 Å². The Kier molecular flexibility index (Phi) is 8.66. The van der Waals surface area contributed by atoms with Crippen LogP contribution in [-0.4, -0.2) is 20.9 Å². The average molecular weight is 553 g/mol. The molecule has 8 nitrogen and oxygen atoms in total. The van der Waals surface area contributed by atoms with Crippen LogP contribution < -0.4 is 21.9 Å². The van der Waals surface area contributed by atoms with Gasteiger partial charge < -0.3 is 10.6 Å². The Morgan fingerprint density at radius 2 is 1.63 bits per heavy atom. The molecule has 0 unspecified atom stereocenters. The van der Waals surface area contributed by atoms with Crippen molar-refractivity contribution in [3.63, 3.8) is 0 Å². The fraction of sp³-hybridized carbons (Fsp3) is 0.214. The number of halogens is 2. The van der Waals surface area contributed by atoms with E-state index in [0.717, 1.165) is 15.7 Å². The third kappa shape index (κ3) is 6.51. The molecule has 0 fully saturated rings. The smallest absolute Gasteiger partial charge is 0.331 e. The average Bonchev–Trinajstić information content (AvgIpc) is 2.90. The molecule has 2 amide bonds. The third-order valence-electron chi connectivity index (χ3n) is 6.03. The van der Waals surface area contributed by atoms with Gasteiger partial charge in [-0.3, -0.25) is 23.5 Å². The molecule has 196 valence electrons. The second-order valence-electron chi connectivity index (χ2n) is 8.88. The lowest BCUT2D eigenvalue weighted by atomic mass is 10.1. The molecule has 0 radical (unpaired) electrons. The highest BCUT2D eigenvalue weighted by molar-refractivity contribution is 6.35. The highest BCUT2D eigenvalue weighted by Gasteiger charge is 2.16. The number of benzene rings is 3. The van der Waals surface area contributed by atoms with Gasteiger partial charge in [0.2, 0.25) is 11.8 Å². The lowest BCUT2D eigenvalue weighted by Gasteiger charge is -2.14. The van der Waals surface area contributed by atoms with Gasteiger partial charge >= 0.3 is 5.69 Å². The number of amides is 2. The lowest BCUT2D eigenvalue weighted by molar-refractivity contribution is -0.121. The molecule has 0 spiro atoms. The van der Waals surface area contributed by atoms with Crippen LogP contribution in [0.4, 0.5) is 5.69 Å². The first-order valence-electron chi connectivity index (χ1n) is 12.0. The van der Waals surface area contributed by atoms with E-state index in [-0.39, 0.29) is 31.8 Å². The summed E-state index contributed by atoms with van der Waals surface area (Å²) in [5, 5.41) is 6.49. The number of hydrogen-bond acceptors (Lipinski definition) is 4. The Bertz CT molecular complexity index is 1610. The maximum Gasteiger partial charge on any atom is 0.331 e. The van der Waals surface area contributed by atoms with Crippen LogP contribution in [-0.2, 0) is 29.2 Å². The van der Waals surface area contributed by atoms with E-state index >= 15 is 0 Å². The van der Waals surface area contributed by atoms with E-state index in [1.165, 1.54) is 10.6 Å². The van der Waals surface area contributed by atoms with Gasteiger partial charge in [-0.25, -0.2) is 4.79 Å². The number of nitrogens with zero attached hydrogens (tertiary/aromatic N) is 2. The van der Waals surface area contributed by atoms with Crippen molar-refractivity contribution in [3.05, 3.63) is 109 Å². The molecule has 0 saturated heterocycles. The molecule has 0 bridgehead atoms. The molecule has 0 aliphatic heterocycles. The predicted molar refractivity (Wildman–Crippen MR) is 150 cm³/mol. The first-order valence-corrected chi connectivity index (χ1v) is 12.8. The quantitative estimate of drug-likeness (QED) is 0.318. The van der Waals surface area contributed by atoms with Gasteiger partial charge in [0, 0.05) is 24.5 Å². The number of fused-ring (bicyclic) bond motifs is 1. The standard InChI is InChI=1S/C28H26Cl2N4O4/c1-18-8-10-19(11-9-18)16-31-25(35)7-4-14-33-27(37)21-5-2-3-6-24(21)34(28(33)38)17-26(36)32-23-15-20(29)12-13-22(23)30/h2-3,5-6,8-13,15H,4,7,14,16-17H2,1H3,(H,31,35)(H,32,36). The van der Waals surface area contributed by atoms with Crippen LogP contribution in [0.15, 0.2) is 76.3 Å². The minimum Gasteiger partial charge on any atom is -0.352 e. The number of anilines is 1. The fourth-order valence-corrected chi connectivity index (χ4v) is 4.38. The minimum atomic E-state index is -0.638. The summed E-state index contributed by atoms with van der Waals surface area (Å²) in [4.78, 5) is 51.6. The van der Waals surface area contributed by atoms with E-state index in [9.17, 15) is 19.2 Å². The van der Waals surface area contributed by atoms with Crippen LogP contribution in [0.1, 0.15) is 24.0 Å². The van der Waals surface area contributed by atoms with Crippen molar-refractivity contribution in [1.29, 1.82) is 0 Å². The zero-order valence-corrected chi connectivity index (χ0v) is 22.2. The van der Waals surface area contributed by atoms with Gasteiger partial charge in [-0.2, -0.15) is 0 Å². The summed E-state index contributed by atoms with van der Waals surface area (Å²) in [6, 6.07) is 19.1. The topological polar surface area (TPSA) is 102 Å². The Balaban J connectivity index is 1.49. The summed E-state index contributed by atoms with van der Waals surface area (Å²) in [5.74, 6) is -0.695. The number of nitrogens with one attached hydrogen (secondary N) is 2. The molecule has 3 aromatic carbocycles. The summed E-state index contributed by atoms with van der Waals surface area (Å²) < 4.78 is 2.30. The molecule has 38 heavy (non-hydrogen) atoms. The second kappa shape index (κ2) is 12.1. The Morgan fingerprint density at radius 1 is 0.895 bits per heavy atom. The van der Waals surface area contributed by atoms with Gasteiger partial charge in [0.05, 0.1) is 21.6 Å². The van der Waals surface area contributed by atoms with Crippen molar-refractivity contribution in [2.24, 2.45) is 0 Å². The number of carbonyl (C=O) groups excluding carboxylic acids is 2. The first-order chi connectivity index (χ1) is 18.2. The van der Waals surface area contributed by atoms with Gasteiger partial charge in [0.15, 0.2) is 0 Å². The van der Waals surface area contributed by atoms with E-state index in [0.29, 0.717) is 33.2 Å². The Labute approximate surface area is 228 Å². The third-order valence-corrected chi connectivity index (χ3v) is 6.60. The number of carbonyl (C=O) groups is 2. The molecule has 4 aromatic rings. The number of hydrogen-bond donors (Lipinski definition) is 2. The van der Waals surface area contributed by atoms with Crippen LogP contribution in [0.25, 0.3) is 10.9 Å². The summed E-state index contributed by atoms with van der Waals surface area (Å²) in [6.45, 7) is 2.07. The van der Waals surface area contributed by atoms with Crippen molar-refractivity contribution < 1.29 is 9.59 Å². The zero-order chi connectivity index (χ0) is 27.2. The second-order valence-corrected chi connectivity index (χ2v) is 9.72. The van der Waals surface area contributed by atoms with Crippen LogP contribution in [0.5, 0.6) is 0 Å². The Morgan fingerprint density at radius 3 is 2.39 bits per heavy atom. The SMILES string of the molecule is Cc1ccc(CNC(=O)CCCn2c(=O)c3ccccc3n(CC(=O)Nc3cc(Cl)ccc3Cl)c2=O)cc1. The molecule has 0 aliphatic carbocycles. The van der Waals surface area contributed by atoms with Crippen molar-refractivity contribution >= 4 is 51.6 Å². The monoisotopic (exact) mass is 552 g/mol. The molecule has 2 N–H and O–H groups in total. The van der Waals surface area contributed by atoms with Gasteiger partial charge in [-0.15, -0.1) is 0 Å². The van der Waals surface area contributed by atoms with Crippen LogP contribution >= 0.6 is 23.2 Å². The highest BCUT2D eigenvalue weighted by atomic mass is 35.5. The highest BCUT2D eigenvalue weighted by Crippen LogP contribution is 2.25. The number of para-hydroxylation sites is 1. The van der Waals surface area contributed by atoms with E-state index in [2.05, 4.69) is 10.6 Å². The van der Waals surface area contributed by atoms with Crippen LogP contribution in [0.3, 0.4) is 0 Å². The molecular formula is C28H26Cl2N4O4. The van der Waals surface area contributed by atoms with Crippen molar-refractivity contribution in [2.75, 3.05) is 5.32 Å². The zero-order valence-electron chi connectivity index (χ0n) is 20.7. The van der Waals surface area contributed by atoms with Gasteiger partial charge in [-0.1, -0.05) is 65.2 Å². The maximum atomic E-state index is 13.3. The number of aromatic nitrogens is 2. The predicted octanol–water partition coefficient (Wildman–Crippen LogP) is 4.51. The molecule has 10 heteroatoms. The van der Waals surface area contributed by atoms with Crippen molar-refractivity contribution in [2.45, 2.75) is 39.4 Å². The van der Waals surface area contributed by atoms with E-state index in [1.54, 1.807) is 36.4 Å². The van der Waals surface area contributed by atoms with Crippen LogP contribution in [0, 0.1) is 6.92 Å². The number of aryl methyl sites for hydroxylation is 1. The van der Waals surface area contributed by atoms with E-state index in [4.69, 9.17) is 23.2 Å². The first kappa shape index (κ1) is 27.2. The summed E-state index contributed by atoms with van der Waals surface area (Å²) in [6.07, 6.45) is 0.413. The van der Waals surface area contributed by atoms with Gasteiger partial charge in [-0.05, 0) is 49.2 Å². The van der Waals surface area contributed by atoms with E-state index in [1.807, 2.05) is 31.2 Å². The lowest BCUT2D eigenvalue weighted by Crippen LogP contribution is -2.42. The minimum absolute atomic E-state index is 0.0300. The summed E-state index contributed by atoms with van der Waals surface area (Å²) in [5.41, 5.74) is 1.65. The normalized spacial score (nSPS) is 10.9. The fourth-order valence-electron chi connectivity index (χ4n) is 4.04. The largest absolute Gasteiger partial charge is 0.352 e. The number of rotatable bonds is 9. The maximum absolute atomic E-state index is 13.3. The summed E-state index contributed by atoms with van der Waals surface area (Å²) in [7, 11) is 0. The molecule has 4 rings (SSSR count).